The number of carbonyl (C=O) groups is 1. The lowest BCUT2D eigenvalue weighted by Gasteiger charge is -2.42. The lowest BCUT2D eigenvalue weighted by molar-refractivity contribution is -0.0903. The molecule has 49 heavy (non-hydrogen) atoms. The Morgan fingerprint density at radius 3 is 2.43 bits per heavy atom. The third-order valence-electron chi connectivity index (χ3n) is 10.2. The van der Waals surface area contributed by atoms with Crippen molar-refractivity contribution in [2.24, 2.45) is 0 Å². The molecule has 1 aliphatic carbocycles. The van der Waals surface area contributed by atoms with Gasteiger partial charge in [-0.2, -0.15) is 0 Å². The van der Waals surface area contributed by atoms with Crippen LogP contribution in [0.3, 0.4) is 0 Å². The standard InChI is InChI=1S/C36H50N8O5/c1-36(2,3)49-35(45)41-13-11-28(12-14-41)48-29-15-27(16-29)43-18-24(38-22-43)19-44-25-9-10-26(44)21-42(20-25)32-17-31(39-40-34(32)37)30-7-5-6-8-33(30)47-23-46-4/h5-8,17-18,22,25-29H,9-16,19-21,23H2,1-4H3,(H2,37,40). The first-order valence-corrected chi connectivity index (χ1v) is 17.6. The van der Waals surface area contributed by atoms with Gasteiger partial charge in [0.25, 0.3) is 0 Å². The molecule has 0 radical (unpaired) electrons. The van der Waals surface area contributed by atoms with Crippen molar-refractivity contribution in [1.29, 1.82) is 0 Å². The summed E-state index contributed by atoms with van der Waals surface area (Å²) in [6.07, 6.45) is 10.5. The number of nitrogen functional groups attached to an aromatic ring is 1. The zero-order valence-electron chi connectivity index (χ0n) is 29.2. The Labute approximate surface area is 288 Å². The van der Waals surface area contributed by atoms with E-state index in [-0.39, 0.29) is 25.1 Å². The molecule has 7 rings (SSSR count). The average molecular weight is 675 g/mol. The van der Waals surface area contributed by atoms with Gasteiger partial charge >= 0.3 is 6.09 Å². The van der Waals surface area contributed by atoms with E-state index in [4.69, 9.17) is 29.7 Å². The number of carbonyl (C=O) groups excluding carboxylic acids is 1. The maximum Gasteiger partial charge on any atom is 0.410 e. The van der Waals surface area contributed by atoms with E-state index in [2.05, 4.69) is 30.8 Å². The van der Waals surface area contributed by atoms with Gasteiger partial charge in [-0.1, -0.05) is 12.1 Å². The Morgan fingerprint density at radius 1 is 0.980 bits per heavy atom. The summed E-state index contributed by atoms with van der Waals surface area (Å²) in [5.41, 5.74) is 9.56. The van der Waals surface area contributed by atoms with Gasteiger partial charge in [0.2, 0.25) is 0 Å². The van der Waals surface area contributed by atoms with Gasteiger partial charge in [0.15, 0.2) is 12.6 Å². The Bertz CT molecular complexity index is 1580. The molecule has 1 amide bonds. The van der Waals surface area contributed by atoms with Crippen molar-refractivity contribution in [1.82, 2.24) is 29.5 Å². The highest BCUT2D eigenvalue weighted by Gasteiger charge is 2.41. The van der Waals surface area contributed by atoms with Gasteiger partial charge in [-0.25, -0.2) is 9.78 Å². The normalized spacial score (nSPS) is 24.6. The van der Waals surface area contributed by atoms with Gasteiger partial charge in [-0.3, -0.25) is 4.90 Å². The number of imidazole rings is 1. The van der Waals surface area contributed by atoms with E-state index in [9.17, 15) is 4.79 Å². The minimum atomic E-state index is -0.471. The predicted molar refractivity (Wildman–Crippen MR) is 185 cm³/mol. The van der Waals surface area contributed by atoms with E-state index in [1.807, 2.05) is 57.4 Å². The zero-order chi connectivity index (χ0) is 34.1. The summed E-state index contributed by atoms with van der Waals surface area (Å²) in [6, 6.07) is 11.1. The van der Waals surface area contributed by atoms with E-state index >= 15 is 0 Å². The number of anilines is 2. The topological polar surface area (TPSA) is 133 Å². The summed E-state index contributed by atoms with van der Waals surface area (Å²) < 4.78 is 25.1. The molecule has 1 aromatic carbocycles. The van der Waals surface area contributed by atoms with Crippen molar-refractivity contribution in [2.75, 3.05) is 50.7 Å². The molecule has 3 aromatic rings. The first kappa shape index (κ1) is 33.6. The molecule has 264 valence electrons. The monoisotopic (exact) mass is 674 g/mol. The molecular weight excluding hydrogens is 624 g/mol. The molecule has 13 heteroatoms. The maximum absolute atomic E-state index is 12.4. The van der Waals surface area contributed by atoms with Gasteiger partial charge in [0.1, 0.15) is 11.4 Å². The quantitative estimate of drug-likeness (QED) is 0.295. The number of hydrogen-bond donors (Lipinski definition) is 1. The number of hydrogen-bond acceptors (Lipinski definition) is 11. The summed E-state index contributed by atoms with van der Waals surface area (Å²) in [5, 5.41) is 8.75. The molecule has 2 N–H and O–H groups in total. The number of piperazine rings is 1. The predicted octanol–water partition coefficient (Wildman–Crippen LogP) is 4.88. The molecule has 1 saturated carbocycles. The van der Waals surface area contributed by atoms with Crippen molar-refractivity contribution in [3.8, 4) is 17.0 Å². The number of para-hydroxylation sites is 1. The summed E-state index contributed by atoms with van der Waals surface area (Å²) in [4.78, 5) is 24.0. The number of rotatable bonds is 10. The van der Waals surface area contributed by atoms with Crippen molar-refractivity contribution in [3.63, 3.8) is 0 Å². The number of likely N-dealkylation sites (tertiary alicyclic amines) is 1. The van der Waals surface area contributed by atoms with Gasteiger partial charge < -0.3 is 39.0 Å². The van der Waals surface area contributed by atoms with Crippen LogP contribution in [0.5, 0.6) is 5.75 Å². The fourth-order valence-electron chi connectivity index (χ4n) is 7.66. The Morgan fingerprint density at radius 2 is 1.71 bits per heavy atom. The largest absolute Gasteiger partial charge is 0.467 e. The van der Waals surface area contributed by atoms with Crippen LogP contribution in [0, 0.1) is 0 Å². The molecule has 3 aliphatic heterocycles. The Hall–Kier alpha value is -3.94. The van der Waals surface area contributed by atoms with E-state index in [0.29, 0.717) is 42.8 Å². The highest BCUT2D eigenvalue weighted by atomic mass is 16.7. The molecule has 2 unspecified atom stereocenters. The lowest BCUT2D eigenvalue weighted by Crippen LogP contribution is -2.53. The van der Waals surface area contributed by atoms with E-state index in [1.165, 1.54) is 0 Å². The lowest BCUT2D eigenvalue weighted by atomic mass is 9.88. The zero-order valence-corrected chi connectivity index (χ0v) is 29.2. The van der Waals surface area contributed by atoms with Crippen molar-refractivity contribution in [3.05, 3.63) is 48.5 Å². The van der Waals surface area contributed by atoms with Gasteiger partial charge in [-0.15, -0.1) is 10.2 Å². The summed E-state index contributed by atoms with van der Waals surface area (Å²) >= 11 is 0. The molecule has 13 nitrogen and oxygen atoms in total. The summed E-state index contributed by atoms with van der Waals surface area (Å²) in [5.74, 6) is 1.14. The molecule has 2 aromatic heterocycles. The SMILES string of the molecule is COCOc1ccccc1-c1cc(N2CC3CCC(C2)N3Cc2cn(C3CC(OC4CCN(C(=O)OC(C)(C)C)CC4)C3)cn2)c(N)nn1. The highest BCUT2D eigenvalue weighted by molar-refractivity contribution is 5.74. The smallest absolute Gasteiger partial charge is 0.410 e. The van der Waals surface area contributed by atoms with Crippen LogP contribution in [0.1, 0.15) is 71.0 Å². The Kier molecular flexibility index (Phi) is 9.67. The number of aromatic nitrogens is 4. The number of methoxy groups -OCH3 is 1. The molecule has 0 spiro atoms. The number of benzene rings is 1. The molecule has 2 atom stereocenters. The van der Waals surface area contributed by atoms with Crippen LogP contribution in [0.15, 0.2) is 42.9 Å². The van der Waals surface area contributed by atoms with Crippen LogP contribution in [-0.4, -0.2) is 106 Å². The van der Waals surface area contributed by atoms with Crippen molar-refractivity contribution in [2.45, 2.75) is 102 Å². The van der Waals surface area contributed by atoms with Crippen LogP contribution in [0.2, 0.25) is 0 Å². The van der Waals surface area contributed by atoms with Crippen LogP contribution >= 0.6 is 0 Å². The molecule has 4 aliphatic rings. The van der Waals surface area contributed by atoms with Crippen molar-refractivity contribution >= 4 is 17.6 Å². The molecule has 2 bridgehead atoms. The van der Waals surface area contributed by atoms with Crippen LogP contribution < -0.4 is 15.4 Å². The number of piperidine rings is 1. The van der Waals surface area contributed by atoms with Crippen LogP contribution in [-0.2, 0) is 20.8 Å². The minimum absolute atomic E-state index is 0.158. The fraction of sp³-hybridized carbons (Fsp3) is 0.611. The molecule has 5 heterocycles. The fourth-order valence-corrected chi connectivity index (χ4v) is 7.66. The summed E-state index contributed by atoms with van der Waals surface area (Å²) in [6.45, 7) is 9.84. The van der Waals surface area contributed by atoms with E-state index < -0.39 is 5.60 Å². The highest BCUT2D eigenvalue weighted by Crippen LogP contribution is 2.39. The first-order valence-electron chi connectivity index (χ1n) is 17.6. The van der Waals surface area contributed by atoms with Crippen LogP contribution in [0.4, 0.5) is 16.3 Å². The van der Waals surface area contributed by atoms with E-state index in [0.717, 1.165) is 80.8 Å². The number of amides is 1. The second-order valence-corrected chi connectivity index (χ2v) is 14.9. The number of nitrogens with two attached hydrogens (primary N) is 1. The second-order valence-electron chi connectivity index (χ2n) is 14.9. The van der Waals surface area contributed by atoms with Crippen molar-refractivity contribution < 1.29 is 23.7 Å². The Balaban J connectivity index is 0.902. The van der Waals surface area contributed by atoms with E-state index in [1.54, 1.807) is 12.0 Å². The third kappa shape index (κ3) is 7.63. The number of ether oxygens (including phenoxy) is 4. The number of nitrogens with zero attached hydrogens (tertiary/aromatic N) is 7. The molecule has 3 saturated heterocycles. The molecular formula is C36H50N8O5. The second kappa shape index (κ2) is 14.1. The average Bonchev–Trinajstić information content (AvgIpc) is 3.60. The van der Waals surface area contributed by atoms with Gasteiger partial charge in [-0.05, 0) is 77.5 Å². The maximum atomic E-state index is 12.4. The van der Waals surface area contributed by atoms with Gasteiger partial charge in [0, 0.05) is 69.7 Å². The van der Waals surface area contributed by atoms with Gasteiger partial charge in [0.05, 0.1) is 35.6 Å². The number of fused-ring (bicyclic) bond motifs is 2. The van der Waals surface area contributed by atoms with Crippen LogP contribution in [0.25, 0.3) is 11.3 Å². The minimum Gasteiger partial charge on any atom is -0.467 e. The molecule has 4 fully saturated rings. The third-order valence-corrected chi connectivity index (χ3v) is 10.2. The first-order chi connectivity index (χ1) is 23.6. The summed E-state index contributed by atoms with van der Waals surface area (Å²) in [7, 11) is 1.60.